The number of anilines is 1. The third-order valence-electron chi connectivity index (χ3n) is 2.92. The maximum absolute atomic E-state index is 12.4. The number of carbonyl (C=O) groups excluding carboxylic acids is 1. The lowest BCUT2D eigenvalue weighted by Gasteiger charge is -2.10. The molecule has 0 aliphatic rings. The molecule has 0 aliphatic carbocycles. The van der Waals surface area contributed by atoms with E-state index in [-0.39, 0.29) is 17.5 Å². The Morgan fingerprint density at radius 2 is 1.93 bits per heavy atom. The number of urea groups is 1. The van der Waals surface area contributed by atoms with E-state index in [1.807, 2.05) is 0 Å². The molecule has 4 N–H and O–H groups in total. The molecular weight excluding hydrogens is 415 g/mol. The van der Waals surface area contributed by atoms with Crippen LogP contribution in [0.15, 0.2) is 45.2 Å². The van der Waals surface area contributed by atoms with Gasteiger partial charge in [0.25, 0.3) is 10.0 Å². The summed E-state index contributed by atoms with van der Waals surface area (Å²) in [6, 6.07) is 5.27. The molecule has 0 bridgehead atoms. The average Bonchev–Trinajstić information content (AvgIpc) is 2.58. The summed E-state index contributed by atoms with van der Waals surface area (Å²) in [5.74, 6) is -0.0344. The Morgan fingerprint density at radius 1 is 1.25 bits per heavy atom. The van der Waals surface area contributed by atoms with Gasteiger partial charge < -0.3 is 14.5 Å². The summed E-state index contributed by atoms with van der Waals surface area (Å²) >= 11 is 0. The standard InChI is InChI=1S/C13H15N6O7PS/c1-8-7-11(26-2)15-12(14-8)16-13(20)18-28(24,25)10-6-4-3-5-9(10)17-19-27(21,22)23/h3-7H,1-2H3,(H2,21,22,23)(H2,14,15,16,18,20)/b19-17+. The fourth-order valence-electron chi connectivity index (χ4n) is 1.88. The number of nitrogens with zero attached hydrogens (tertiary/aromatic N) is 4. The van der Waals surface area contributed by atoms with Crippen molar-refractivity contribution >= 4 is 35.4 Å². The maximum Gasteiger partial charge on any atom is 0.466 e. The molecule has 0 saturated heterocycles. The van der Waals surface area contributed by atoms with E-state index in [0.717, 1.165) is 12.1 Å². The van der Waals surface area contributed by atoms with Crippen LogP contribution in [-0.2, 0) is 14.6 Å². The normalized spacial score (nSPS) is 12.0. The van der Waals surface area contributed by atoms with Gasteiger partial charge in [-0.05, 0) is 19.1 Å². The number of carbonyl (C=O) groups is 1. The zero-order valence-corrected chi connectivity index (χ0v) is 16.2. The molecule has 0 fully saturated rings. The molecule has 2 aromatic rings. The number of hydrogen-bond acceptors (Lipinski definition) is 8. The predicted octanol–water partition coefficient (Wildman–Crippen LogP) is 1.48. The monoisotopic (exact) mass is 430 g/mol. The van der Waals surface area contributed by atoms with Crippen molar-refractivity contribution in [2.24, 2.45) is 10.00 Å². The van der Waals surface area contributed by atoms with Crippen LogP contribution in [0, 0.1) is 6.92 Å². The Labute approximate surface area is 159 Å². The first-order valence-electron chi connectivity index (χ1n) is 7.31. The predicted molar refractivity (Wildman–Crippen MR) is 95.7 cm³/mol. The van der Waals surface area contributed by atoms with Crippen molar-refractivity contribution in [3.63, 3.8) is 0 Å². The first kappa shape index (κ1) is 21.4. The first-order valence-corrected chi connectivity index (χ1v) is 10.4. The highest BCUT2D eigenvalue weighted by Gasteiger charge is 2.22. The van der Waals surface area contributed by atoms with E-state index in [1.165, 1.54) is 25.3 Å². The van der Waals surface area contributed by atoms with Gasteiger partial charge in [-0.1, -0.05) is 17.0 Å². The maximum atomic E-state index is 12.4. The summed E-state index contributed by atoms with van der Waals surface area (Å²) in [6.45, 7) is 1.62. The summed E-state index contributed by atoms with van der Waals surface area (Å²) in [5.41, 5.74) is 0.0906. The van der Waals surface area contributed by atoms with Gasteiger partial charge >= 0.3 is 13.8 Å². The minimum Gasteiger partial charge on any atom is -0.481 e. The second kappa shape index (κ2) is 8.39. The van der Waals surface area contributed by atoms with Gasteiger partial charge in [-0.25, -0.2) is 27.5 Å². The van der Waals surface area contributed by atoms with Gasteiger partial charge in [0.15, 0.2) is 0 Å². The summed E-state index contributed by atoms with van der Waals surface area (Å²) < 4.78 is 42.3. The lowest BCUT2D eigenvalue weighted by atomic mass is 10.3. The SMILES string of the molecule is COc1cc(C)nc(NC(=O)NS(=O)(=O)c2ccccc2/N=N/P(=O)(O)O)n1. The van der Waals surface area contributed by atoms with Crippen LogP contribution in [0.5, 0.6) is 5.88 Å². The topological polar surface area (TPSA) is 193 Å². The average molecular weight is 430 g/mol. The van der Waals surface area contributed by atoms with Crippen LogP contribution >= 0.6 is 7.75 Å². The molecule has 150 valence electrons. The van der Waals surface area contributed by atoms with Crippen LogP contribution in [0.2, 0.25) is 0 Å². The van der Waals surface area contributed by atoms with E-state index < -0.39 is 28.7 Å². The number of amides is 2. The van der Waals surface area contributed by atoms with Crippen molar-refractivity contribution in [2.45, 2.75) is 11.8 Å². The number of aromatic nitrogens is 2. The fourth-order valence-corrected chi connectivity index (χ4v) is 3.14. The Balaban J connectivity index is 2.24. The lowest BCUT2D eigenvalue weighted by Crippen LogP contribution is -2.35. The molecule has 1 heterocycles. The van der Waals surface area contributed by atoms with Crippen LogP contribution in [0.4, 0.5) is 16.4 Å². The second-order valence-corrected chi connectivity index (χ2v) is 7.96. The largest absolute Gasteiger partial charge is 0.481 e. The minimum absolute atomic E-state index is 0.161. The first-order chi connectivity index (χ1) is 13.0. The Hall–Kier alpha value is -2.93. The number of hydrogen-bond donors (Lipinski definition) is 4. The molecule has 2 amide bonds. The van der Waals surface area contributed by atoms with Crippen LogP contribution in [0.25, 0.3) is 0 Å². The molecule has 0 atom stereocenters. The molecule has 28 heavy (non-hydrogen) atoms. The molecule has 0 radical (unpaired) electrons. The Bertz CT molecular complexity index is 1070. The van der Waals surface area contributed by atoms with Crippen molar-refractivity contribution in [3.05, 3.63) is 36.0 Å². The minimum atomic E-state index is -4.85. The van der Waals surface area contributed by atoms with Crippen LogP contribution in [-0.4, -0.2) is 41.3 Å². The van der Waals surface area contributed by atoms with Crippen LogP contribution < -0.4 is 14.8 Å². The van der Waals surface area contributed by atoms with Gasteiger partial charge in [-0.2, -0.15) is 4.98 Å². The molecule has 0 unspecified atom stereocenters. The van der Waals surface area contributed by atoms with Crippen molar-refractivity contribution in [3.8, 4) is 5.88 Å². The van der Waals surface area contributed by atoms with Crippen molar-refractivity contribution in [2.75, 3.05) is 12.4 Å². The number of aryl methyl sites for hydroxylation is 1. The summed E-state index contributed by atoms with van der Waals surface area (Å²) in [7, 11) is -7.95. The van der Waals surface area contributed by atoms with Crippen LogP contribution in [0.1, 0.15) is 5.69 Å². The molecule has 1 aromatic carbocycles. The van der Waals surface area contributed by atoms with Gasteiger partial charge in [0.1, 0.15) is 10.6 Å². The van der Waals surface area contributed by atoms with Gasteiger partial charge in [-0.15, -0.1) is 5.11 Å². The quantitative estimate of drug-likeness (QED) is 0.388. The molecule has 0 spiro atoms. The highest BCUT2D eigenvalue weighted by molar-refractivity contribution is 7.90. The van der Waals surface area contributed by atoms with Crippen molar-refractivity contribution < 1.29 is 32.3 Å². The number of sulfonamides is 1. The summed E-state index contributed by atoms with van der Waals surface area (Å²) in [5, 5.41) is 5.39. The Kier molecular flexibility index (Phi) is 6.41. The lowest BCUT2D eigenvalue weighted by molar-refractivity contribution is 0.256. The summed E-state index contributed by atoms with van der Waals surface area (Å²) in [4.78, 5) is 39.5. The molecule has 0 saturated carbocycles. The highest BCUT2D eigenvalue weighted by atomic mass is 32.2. The van der Waals surface area contributed by atoms with Crippen molar-refractivity contribution in [1.82, 2.24) is 14.7 Å². The van der Waals surface area contributed by atoms with Gasteiger partial charge in [0.05, 0.1) is 7.11 Å². The fraction of sp³-hybridized carbons (Fsp3) is 0.154. The van der Waals surface area contributed by atoms with E-state index in [4.69, 9.17) is 14.5 Å². The third kappa shape index (κ3) is 6.06. The zero-order chi connectivity index (χ0) is 20.9. The molecule has 0 aliphatic heterocycles. The molecular formula is C13H15N6O7PS. The number of nitrogens with one attached hydrogen (secondary N) is 2. The molecule has 2 rings (SSSR count). The van der Waals surface area contributed by atoms with Crippen LogP contribution in [0.3, 0.4) is 0 Å². The third-order valence-corrected chi connectivity index (χ3v) is 4.62. The Morgan fingerprint density at radius 3 is 2.57 bits per heavy atom. The van der Waals surface area contributed by atoms with Gasteiger partial charge in [0.2, 0.25) is 11.8 Å². The number of rotatable bonds is 6. The zero-order valence-electron chi connectivity index (χ0n) is 14.5. The molecule has 1 aromatic heterocycles. The second-order valence-electron chi connectivity index (χ2n) is 5.11. The number of benzene rings is 1. The van der Waals surface area contributed by atoms with E-state index in [1.54, 1.807) is 11.6 Å². The van der Waals surface area contributed by atoms with E-state index >= 15 is 0 Å². The van der Waals surface area contributed by atoms with E-state index in [0.29, 0.717) is 5.69 Å². The van der Waals surface area contributed by atoms with Gasteiger partial charge in [0, 0.05) is 11.8 Å². The van der Waals surface area contributed by atoms with E-state index in [2.05, 4.69) is 25.3 Å². The number of ether oxygens (including phenoxy) is 1. The van der Waals surface area contributed by atoms with Crippen molar-refractivity contribution in [1.29, 1.82) is 0 Å². The number of methoxy groups -OCH3 is 1. The smallest absolute Gasteiger partial charge is 0.466 e. The highest BCUT2D eigenvalue weighted by Crippen LogP contribution is 2.38. The molecule has 13 nitrogen and oxygen atoms in total. The van der Waals surface area contributed by atoms with Gasteiger partial charge in [-0.3, -0.25) is 5.32 Å². The molecule has 15 heteroatoms. The summed E-state index contributed by atoms with van der Waals surface area (Å²) in [6.07, 6.45) is 0. The van der Waals surface area contributed by atoms with E-state index in [9.17, 15) is 17.8 Å².